The van der Waals surface area contributed by atoms with Crippen LogP contribution in [0.2, 0.25) is 0 Å². The first kappa shape index (κ1) is 17.0. The highest BCUT2D eigenvalue weighted by Crippen LogP contribution is 2.43. The van der Waals surface area contributed by atoms with Crippen molar-refractivity contribution in [3.05, 3.63) is 59.2 Å². The predicted octanol–water partition coefficient (Wildman–Crippen LogP) is 6.44. The van der Waals surface area contributed by atoms with Gasteiger partial charge in [-0.3, -0.25) is 4.79 Å². The number of hydrogen-bond donors (Lipinski definition) is 0. The third-order valence-electron chi connectivity index (χ3n) is 5.29. The summed E-state index contributed by atoms with van der Waals surface area (Å²) in [5.41, 5.74) is 6.56. The van der Waals surface area contributed by atoms with Gasteiger partial charge in [-0.15, -0.1) is 0 Å². The lowest BCUT2D eigenvalue weighted by atomic mass is 9.80. The summed E-state index contributed by atoms with van der Waals surface area (Å²) in [7, 11) is 0. The fraction of sp³-hybridized carbons (Fsp3) is 0.435. The minimum Gasteiger partial charge on any atom is -0.299 e. The number of carbonyl (C=O) groups is 1. The first-order chi connectivity index (χ1) is 11.5. The Morgan fingerprint density at radius 3 is 2.08 bits per heavy atom. The second kappa shape index (κ2) is 6.93. The van der Waals surface area contributed by atoms with E-state index in [9.17, 15) is 4.79 Å². The minimum atomic E-state index is 0.0822. The molecule has 1 aliphatic carbocycles. The summed E-state index contributed by atoms with van der Waals surface area (Å²) in [6.07, 6.45) is 2.77. The van der Waals surface area contributed by atoms with Crippen LogP contribution in [-0.4, -0.2) is 5.78 Å². The quantitative estimate of drug-likeness (QED) is 0.633. The Bertz CT molecular complexity index is 739. The van der Waals surface area contributed by atoms with Gasteiger partial charge in [0.1, 0.15) is 5.78 Å². The molecule has 0 amide bonds. The van der Waals surface area contributed by atoms with Crippen LogP contribution >= 0.6 is 0 Å². The summed E-state index contributed by atoms with van der Waals surface area (Å²) >= 11 is 0. The van der Waals surface area contributed by atoms with Gasteiger partial charge in [0, 0.05) is 12.3 Å². The molecule has 0 aliphatic heterocycles. The number of benzene rings is 2. The molecule has 1 nitrogen and oxygen atoms in total. The Morgan fingerprint density at radius 1 is 0.833 bits per heavy atom. The van der Waals surface area contributed by atoms with Crippen LogP contribution in [0.15, 0.2) is 42.5 Å². The molecule has 1 unspecified atom stereocenters. The van der Waals surface area contributed by atoms with Crippen LogP contribution in [0.1, 0.15) is 81.4 Å². The Balaban J connectivity index is 2.26. The molecule has 1 aliphatic rings. The van der Waals surface area contributed by atoms with Crippen LogP contribution in [0.5, 0.6) is 0 Å². The maximum atomic E-state index is 12.6. The van der Waals surface area contributed by atoms with Crippen molar-refractivity contribution >= 4 is 5.78 Å². The summed E-state index contributed by atoms with van der Waals surface area (Å²) in [6.45, 7) is 8.95. The number of rotatable bonds is 4. The number of ketones is 1. The Kier molecular flexibility index (Phi) is 4.89. The lowest BCUT2D eigenvalue weighted by Gasteiger charge is -2.23. The summed E-state index contributed by atoms with van der Waals surface area (Å²) in [5.74, 6) is 1.40. The number of hydrogen-bond acceptors (Lipinski definition) is 1. The highest BCUT2D eigenvalue weighted by molar-refractivity contribution is 5.91. The Morgan fingerprint density at radius 2 is 1.46 bits per heavy atom. The second-order valence-electron chi connectivity index (χ2n) is 7.62. The molecule has 2 aromatic rings. The molecule has 0 N–H and O–H groups in total. The van der Waals surface area contributed by atoms with Crippen molar-refractivity contribution in [2.75, 3.05) is 0 Å². The fourth-order valence-electron chi connectivity index (χ4n) is 4.08. The van der Waals surface area contributed by atoms with E-state index in [4.69, 9.17) is 0 Å². The van der Waals surface area contributed by atoms with Gasteiger partial charge in [0.15, 0.2) is 0 Å². The highest BCUT2D eigenvalue weighted by Gasteiger charge is 2.31. The van der Waals surface area contributed by atoms with Crippen molar-refractivity contribution < 1.29 is 4.79 Å². The fourth-order valence-corrected chi connectivity index (χ4v) is 4.08. The molecule has 1 heteroatoms. The average Bonchev–Trinajstić information content (AvgIpc) is 2.99. The van der Waals surface area contributed by atoms with Gasteiger partial charge in [-0.2, -0.15) is 0 Å². The van der Waals surface area contributed by atoms with E-state index < -0.39 is 0 Å². The third kappa shape index (κ3) is 3.05. The van der Waals surface area contributed by atoms with Crippen LogP contribution in [-0.2, 0) is 4.79 Å². The molecule has 1 atom stereocenters. The van der Waals surface area contributed by atoms with E-state index in [1.807, 2.05) is 0 Å². The highest BCUT2D eigenvalue weighted by atomic mass is 16.1. The van der Waals surface area contributed by atoms with Gasteiger partial charge in [0.05, 0.1) is 0 Å². The predicted molar refractivity (Wildman–Crippen MR) is 102 cm³/mol. The van der Waals surface area contributed by atoms with Crippen LogP contribution in [0.4, 0.5) is 0 Å². The van der Waals surface area contributed by atoms with E-state index in [1.54, 1.807) is 0 Å². The largest absolute Gasteiger partial charge is 0.299 e. The first-order valence-electron chi connectivity index (χ1n) is 9.25. The maximum Gasteiger partial charge on any atom is 0.140 e. The maximum absolute atomic E-state index is 12.6. The van der Waals surface area contributed by atoms with Crippen LogP contribution in [0.3, 0.4) is 0 Å². The van der Waals surface area contributed by atoms with Gasteiger partial charge in [-0.25, -0.2) is 0 Å². The van der Waals surface area contributed by atoms with Crippen molar-refractivity contribution in [3.63, 3.8) is 0 Å². The van der Waals surface area contributed by atoms with E-state index in [2.05, 4.69) is 70.2 Å². The molecular formula is C23H28O. The van der Waals surface area contributed by atoms with Gasteiger partial charge in [-0.05, 0) is 52.5 Å². The molecule has 1 saturated carbocycles. The van der Waals surface area contributed by atoms with E-state index in [0.29, 0.717) is 17.6 Å². The molecule has 3 rings (SSSR count). The van der Waals surface area contributed by atoms with Gasteiger partial charge >= 0.3 is 0 Å². The van der Waals surface area contributed by atoms with E-state index in [-0.39, 0.29) is 5.92 Å². The summed E-state index contributed by atoms with van der Waals surface area (Å²) in [5, 5.41) is 0. The van der Waals surface area contributed by atoms with Crippen molar-refractivity contribution in [2.24, 2.45) is 0 Å². The SMILES string of the molecule is CC(C)c1ccccc1-c1cccc(C(C)C)c1C1CCCC1=O. The Labute approximate surface area is 146 Å². The second-order valence-corrected chi connectivity index (χ2v) is 7.62. The molecule has 0 radical (unpaired) electrons. The summed E-state index contributed by atoms with van der Waals surface area (Å²) < 4.78 is 0. The van der Waals surface area contributed by atoms with E-state index in [1.165, 1.54) is 27.8 Å². The van der Waals surface area contributed by atoms with Crippen LogP contribution in [0.25, 0.3) is 11.1 Å². The summed E-state index contributed by atoms with van der Waals surface area (Å²) in [4.78, 5) is 12.6. The van der Waals surface area contributed by atoms with E-state index >= 15 is 0 Å². The Hall–Kier alpha value is -1.89. The van der Waals surface area contributed by atoms with E-state index in [0.717, 1.165) is 19.3 Å². The molecule has 2 aromatic carbocycles. The molecular weight excluding hydrogens is 292 g/mol. The lowest BCUT2D eigenvalue weighted by Crippen LogP contribution is -2.11. The molecule has 0 bridgehead atoms. The van der Waals surface area contributed by atoms with Gasteiger partial charge in [0.25, 0.3) is 0 Å². The lowest BCUT2D eigenvalue weighted by molar-refractivity contribution is -0.118. The molecule has 0 heterocycles. The molecule has 1 fully saturated rings. The topological polar surface area (TPSA) is 17.1 Å². The standard InChI is InChI=1S/C23H28O/c1-15(2)17-9-5-6-10-19(17)20-12-7-11-18(16(3)4)23(20)21-13-8-14-22(21)24/h5-7,9-12,15-16,21H,8,13-14H2,1-4H3. The third-order valence-corrected chi connectivity index (χ3v) is 5.29. The summed E-state index contributed by atoms with van der Waals surface area (Å²) in [6, 6.07) is 15.3. The zero-order chi connectivity index (χ0) is 17.3. The first-order valence-corrected chi connectivity index (χ1v) is 9.25. The van der Waals surface area contributed by atoms with Crippen molar-refractivity contribution in [2.45, 2.75) is 64.7 Å². The molecule has 126 valence electrons. The molecule has 24 heavy (non-hydrogen) atoms. The zero-order valence-electron chi connectivity index (χ0n) is 15.3. The normalized spacial score (nSPS) is 17.9. The molecule has 0 spiro atoms. The monoisotopic (exact) mass is 320 g/mol. The molecule has 0 aromatic heterocycles. The van der Waals surface area contributed by atoms with Crippen molar-refractivity contribution in [1.82, 2.24) is 0 Å². The number of carbonyl (C=O) groups excluding carboxylic acids is 1. The molecule has 0 saturated heterocycles. The zero-order valence-corrected chi connectivity index (χ0v) is 15.3. The van der Waals surface area contributed by atoms with Crippen molar-refractivity contribution in [1.29, 1.82) is 0 Å². The van der Waals surface area contributed by atoms with Crippen LogP contribution < -0.4 is 0 Å². The van der Waals surface area contributed by atoms with Crippen LogP contribution in [0, 0.1) is 0 Å². The van der Waals surface area contributed by atoms with Gasteiger partial charge in [0.2, 0.25) is 0 Å². The number of Topliss-reactive ketones (excluding diaryl/α,β-unsaturated/α-hetero) is 1. The minimum absolute atomic E-state index is 0.0822. The van der Waals surface area contributed by atoms with Gasteiger partial charge < -0.3 is 0 Å². The van der Waals surface area contributed by atoms with Crippen molar-refractivity contribution in [3.8, 4) is 11.1 Å². The average molecular weight is 320 g/mol. The van der Waals surface area contributed by atoms with Gasteiger partial charge in [-0.1, -0.05) is 70.2 Å². The smallest absolute Gasteiger partial charge is 0.140 e.